The Balaban J connectivity index is 1.57. The molecule has 0 fully saturated rings. The Morgan fingerprint density at radius 1 is 0.885 bits per heavy atom. The van der Waals surface area contributed by atoms with Crippen LogP contribution in [0.4, 0.5) is 5.69 Å². The Hall–Kier alpha value is -2.98. The van der Waals surface area contributed by atoms with E-state index in [2.05, 4.69) is 5.32 Å². The number of hydrogen-bond donors (Lipinski definition) is 1. The topological polar surface area (TPSA) is 47.6 Å². The number of benzene rings is 3. The number of hydrogen-bond acceptors (Lipinski definition) is 3. The Morgan fingerprint density at radius 2 is 1.54 bits per heavy atom. The van der Waals surface area contributed by atoms with Gasteiger partial charge in [0.1, 0.15) is 17.2 Å². The average Bonchev–Trinajstić information content (AvgIpc) is 2.64. The van der Waals surface area contributed by atoms with Crippen molar-refractivity contribution in [2.45, 2.75) is 13.0 Å². The lowest BCUT2D eigenvalue weighted by Crippen LogP contribution is -2.30. The fourth-order valence-corrected chi connectivity index (χ4v) is 2.45. The predicted molar refractivity (Wildman–Crippen MR) is 103 cm³/mol. The number of ether oxygens (including phenoxy) is 2. The molecule has 3 aromatic rings. The molecule has 0 saturated carbocycles. The highest BCUT2D eigenvalue weighted by Gasteiger charge is 2.15. The zero-order chi connectivity index (χ0) is 18.4. The largest absolute Gasteiger partial charge is 0.481 e. The van der Waals surface area contributed by atoms with E-state index in [1.807, 2.05) is 30.3 Å². The summed E-state index contributed by atoms with van der Waals surface area (Å²) in [7, 11) is 0. The van der Waals surface area contributed by atoms with Crippen molar-refractivity contribution in [3.05, 3.63) is 83.9 Å². The van der Waals surface area contributed by atoms with E-state index < -0.39 is 6.10 Å². The van der Waals surface area contributed by atoms with Gasteiger partial charge in [0, 0.05) is 10.7 Å². The van der Waals surface area contributed by atoms with Gasteiger partial charge in [-0.05, 0) is 61.5 Å². The van der Waals surface area contributed by atoms with Crippen LogP contribution in [0.15, 0.2) is 78.9 Å². The highest BCUT2D eigenvalue weighted by Crippen LogP contribution is 2.23. The molecule has 0 spiro atoms. The number of amides is 1. The summed E-state index contributed by atoms with van der Waals surface area (Å²) >= 11 is 5.92. The Bertz CT molecular complexity index is 866. The molecule has 4 nitrogen and oxygen atoms in total. The molecule has 0 aromatic heterocycles. The van der Waals surface area contributed by atoms with Crippen LogP contribution in [0, 0.1) is 0 Å². The third-order valence-corrected chi connectivity index (χ3v) is 3.81. The molecule has 1 atom stereocenters. The third kappa shape index (κ3) is 5.01. The Labute approximate surface area is 157 Å². The van der Waals surface area contributed by atoms with Gasteiger partial charge in [-0.2, -0.15) is 0 Å². The molecular weight excluding hydrogens is 350 g/mol. The third-order valence-electron chi connectivity index (χ3n) is 3.58. The second kappa shape index (κ2) is 8.41. The summed E-state index contributed by atoms with van der Waals surface area (Å²) in [4.78, 5) is 12.3. The van der Waals surface area contributed by atoms with Crippen molar-refractivity contribution in [2.24, 2.45) is 0 Å². The number of carbonyl (C=O) groups excluding carboxylic acids is 1. The maximum absolute atomic E-state index is 12.3. The Kier molecular flexibility index (Phi) is 5.77. The zero-order valence-electron chi connectivity index (χ0n) is 14.2. The van der Waals surface area contributed by atoms with E-state index in [-0.39, 0.29) is 5.91 Å². The van der Waals surface area contributed by atoms with Crippen LogP contribution in [0.5, 0.6) is 17.2 Å². The first-order valence-corrected chi connectivity index (χ1v) is 8.54. The second-order valence-electron chi connectivity index (χ2n) is 5.65. The van der Waals surface area contributed by atoms with E-state index in [1.54, 1.807) is 55.5 Å². The quantitative estimate of drug-likeness (QED) is 0.622. The van der Waals surface area contributed by atoms with E-state index in [4.69, 9.17) is 21.1 Å². The molecule has 1 amide bonds. The van der Waals surface area contributed by atoms with Crippen LogP contribution >= 0.6 is 11.6 Å². The zero-order valence-corrected chi connectivity index (χ0v) is 14.9. The highest BCUT2D eigenvalue weighted by molar-refractivity contribution is 6.30. The molecule has 26 heavy (non-hydrogen) atoms. The summed E-state index contributed by atoms with van der Waals surface area (Å²) in [5, 5.41) is 3.37. The summed E-state index contributed by atoms with van der Waals surface area (Å²) in [5.74, 6) is 1.75. The van der Waals surface area contributed by atoms with Crippen LogP contribution in [0.25, 0.3) is 0 Å². The van der Waals surface area contributed by atoms with Crippen LogP contribution in [0.3, 0.4) is 0 Å². The summed E-state index contributed by atoms with van der Waals surface area (Å²) < 4.78 is 11.3. The van der Waals surface area contributed by atoms with Gasteiger partial charge >= 0.3 is 0 Å². The van der Waals surface area contributed by atoms with E-state index in [1.165, 1.54) is 0 Å². The molecule has 0 heterocycles. The maximum Gasteiger partial charge on any atom is 0.265 e. The standard InChI is InChI=1S/C21H18ClNO3/c1-15(25-20-9-5-6-16(22)14-20)21(24)23-17-10-12-19(13-11-17)26-18-7-3-2-4-8-18/h2-15H,1H3,(H,23,24). The molecule has 1 N–H and O–H groups in total. The molecule has 3 aromatic carbocycles. The second-order valence-corrected chi connectivity index (χ2v) is 6.08. The molecule has 0 radical (unpaired) electrons. The lowest BCUT2D eigenvalue weighted by molar-refractivity contribution is -0.122. The summed E-state index contributed by atoms with van der Waals surface area (Å²) in [6, 6.07) is 23.6. The predicted octanol–water partition coefficient (Wildman–Crippen LogP) is 5.54. The molecule has 5 heteroatoms. The first-order valence-electron chi connectivity index (χ1n) is 8.16. The van der Waals surface area contributed by atoms with Gasteiger partial charge in [-0.1, -0.05) is 35.9 Å². The monoisotopic (exact) mass is 367 g/mol. The molecular formula is C21H18ClNO3. The van der Waals surface area contributed by atoms with Crippen LogP contribution in [-0.4, -0.2) is 12.0 Å². The normalized spacial score (nSPS) is 11.5. The molecule has 0 bridgehead atoms. The first kappa shape index (κ1) is 17.8. The molecule has 1 unspecified atom stereocenters. The van der Waals surface area contributed by atoms with Crippen molar-refractivity contribution in [1.82, 2.24) is 0 Å². The maximum atomic E-state index is 12.3. The molecule has 3 rings (SSSR count). The van der Waals surface area contributed by atoms with Crippen LogP contribution < -0.4 is 14.8 Å². The van der Waals surface area contributed by atoms with Gasteiger partial charge in [-0.3, -0.25) is 4.79 Å². The fourth-order valence-electron chi connectivity index (χ4n) is 2.27. The van der Waals surface area contributed by atoms with Crippen LogP contribution in [0.2, 0.25) is 5.02 Å². The molecule has 0 saturated heterocycles. The van der Waals surface area contributed by atoms with Gasteiger partial charge in [0.15, 0.2) is 6.10 Å². The summed E-state index contributed by atoms with van der Waals surface area (Å²) in [6.07, 6.45) is -0.659. The van der Waals surface area contributed by atoms with Gasteiger partial charge in [0.25, 0.3) is 5.91 Å². The van der Waals surface area contributed by atoms with Crippen molar-refractivity contribution < 1.29 is 14.3 Å². The number of carbonyl (C=O) groups is 1. The van der Waals surface area contributed by atoms with Crippen molar-refractivity contribution in [3.63, 3.8) is 0 Å². The minimum Gasteiger partial charge on any atom is -0.481 e. The van der Waals surface area contributed by atoms with Crippen LogP contribution in [-0.2, 0) is 4.79 Å². The number of para-hydroxylation sites is 1. The minimum absolute atomic E-state index is 0.248. The highest BCUT2D eigenvalue weighted by atomic mass is 35.5. The van der Waals surface area contributed by atoms with Gasteiger partial charge in [-0.15, -0.1) is 0 Å². The van der Waals surface area contributed by atoms with Crippen LogP contribution in [0.1, 0.15) is 6.92 Å². The lowest BCUT2D eigenvalue weighted by Gasteiger charge is -2.15. The van der Waals surface area contributed by atoms with Crippen molar-refractivity contribution in [1.29, 1.82) is 0 Å². The molecule has 0 aliphatic rings. The SMILES string of the molecule is CC(Oc1cccc(Cl)c1)C(=O)Nc1ccc(Oc2ccccc2)cc1. The molecule has 132 valence electrons. The average molecular weight is 368 g/mol. The Morgan fingerprint density at radius 3 is 2.23 bits per heavy atom. The van der Waals surface area contributed by atoms with Crippen molar-refractivity contribution >= 4 is 23.2 Å². The minimum atomic E-state index is -0.659. The number of nitrogens with one attached hydrogen (secondary N) is 1. The van der Waals surface area contributed by atoms with E-state index in [0.29, 0.717) is 22.2 Å². The summed E-state index contributed by atoms with van der Waals surface area (Å²) in [6.45, 7) is 1.68. The summed E-state index contributed by atoms with van der Waals surface area (Å²) in [5.41, 5.74) is 0.664. The van der Waals surface area contributed by atoms with Gasteiger partial charge in [0.2, 0.25) is 0 Å². The van der Waals surface area contributed by atoms with Gasteiger partial charge in [-0.25, -0.2) is 0 Å². The van der Waals surface area contributed by atoms with E-state index in [0.717, 1.165) is 5.75 Å². The molecule has 0 aliphatic carbocycles. The number of anilines is 1. The van der Waals surface area contributed by atoms with E-state index in [9.17, 15) is 4.79 Å². The number of rotatable bonds is 6. The first-order chi connectivity index (χ1) is 12.6. The van der Waals surface area contributed by atoms with E-state index >= 15 is 0 Å². The van der Waals surface area contributed by atoms with Gasteiger partial charge < -0.3 is 14.8 Å². The lowest BCUT2D eigenvalue weighted by atomic mass is 10.2. The smallest absolute Gasteiger partial charge is 0.265 e. The number of halogens is 1. The van der Waals surface area contributed by atoms with Gasteiger partial charge in [0.05, 0.1) is 0 Å². The fraction of sp³-hybridized carbons (Fsp3) is 0.0952. The van der Waals surface area contributed by atoms with Crippen molar-refractivity contribution in [2.75, 3.05) is 5.32 Å². The molecule has 0 aliphatic heterocycles. The van der Waals surface area contributed by atoms with Crippen molar-refractivity contribution in [3.8, 4) is 17.2 Å².